The van der Waals surface area contributed by atoms with Crippen molar-refractivity contribution >= 4 is 21.7 Å². The quantitative estimate of drug-likeness (QED) is 0.755. The fourth-order valence-electron chi connectivity index (χ4n) is 3.40. The monoisotopic (exact) mass is 331 g/mol. The van der Waals surface area contributed by atoms with Crippen molar-refractivity contribution in [3.8, 4) is 0 Å². The lowest BCUT2D eigenvalue weighted by Gasteiger charge is -2.30. The number of rotatable bonds is 5. The van der Waals surface area contributed by atoms with Crippen LogP contribution in [-0.4, -0.2) is 67.1 Å². The van der Waals surface area contributed by atoms with Gasteiger partial charge in [0.2, 0.25) is 5.91 Å². The molecule has 3 rings (SSSR count). The molecule has 0 aromatic heterocycles. The van der Waals surface area contributed by atoms with Crippen molar-refractivity contribution in [2.45, 2.75) is 37.8 Å². The van der Waals surface area contributed by atoms with Crippen LogP contribution in [0, 0.1) is 11.8 Å². The topological polar surface area (TPSA) is 101 Å². The fourth-order valence-corrected chi connectivity index (χ4v) is 5.13. The largest absolute Gasteiger partial charge is 0.481 e. The van der Waals surface area contributed by atoms with Crippen molar-refractivity contribution in [1.82, 2.24) is 4.90 Å². The van der Waals surface area contributed by atoms with E-state index in [9.17, 15) is 18.0 Å². The number of carbonyl (C=O) groups excluding carboxylic acids is 1. The van der Waals surface area contributed by atoms with Crippen LogP contribution in [0.1, 0.15) is 25.7 Å². The lowest BCUT2D eigenvalue weighted by atomic mass is 10.1. The zero-order valence-electron chi connectivity index (χ0n) is 12.3. The number of hydrogen-bond acceptors (Lipinski definition) is 5. The van der Waals surface area contributed by atoms with Gasteiger partial charge in [-0.1, -0.05) is 0 Å². The number of amides is 1. The molecule has 4 atom stereocenters. The maximum absolute atomic E-state index is 12.6. The van der Waals surface area contributed by atoms with Crippen molar-refractivity contribution in [3.63, 3.8) is 0 Å². The highest BCUT2D eigenvalue weighted by atomic mass is 32.2. The molecule has 3 aliphatic rings. The molecule has 1 N–H and O–H groups in total. The van der Waals surface area contributed by atoms with Crippen molar-refractivity contribution < 1.29 is 27.9 Å². The van der Waals surface area contributed by atoms with E-state index in [2.05, 4.69) is 0 Å². The molecule has 1 amide bonds. The molecule has 2 saturated heterocycles. The van der Waals surface area contributed by atoms with Gasteiger partial charge in [-0.3, -0.25) is 9.59 Å². The summed E-state index contributed by atoms with van der Waals surface area (Å²) >= 11 is 0. The average molecular weight is 331 g/mol. The molecule has 1 aliphatic carbocycles. The van der Waals surface area contributed by atoms with Gasteiger partial charge >= 0.3 is 5.97 Å². The van der Waals surface area contributed by atoms with E-state index in [4.69, 9.17) is 9.84 Å². The molecule has 0 aromatic rings. The standard InChI is InChI=1S/C14H21NO6S/c16-13(11-6-12(11)14(17)18)15(7-10-2-1-4-21-10)9-3-5-22(19,20)8-9/h9-12H,1-8H2,(H,17,18)/t9-,10+,11+,12-/m1/s1. The molecule has 0 radical (unpaired) electrons. The minimum atomic E-state index is -3.09. The van der Waals surface area contributed by atoms with E-state index in [1.165, 1.54) is 0 Å². The molecular weight excluding hydrogens is 310 g/mol. The van der Waals surface area contributed by atoms with Gasteiger partial charge in [0.25, 0.3) is 0 Å². The van der Waals surface area contributed by atoms with Crippen LogP contribution in [-0.2, 0) is 24.2 Å². The van der Waals surface area contributed by atoms with Crippen LogP contribution in [0.4, 0.5) is 0 Å². The third-order valence-electron chi connectivity index (χ3n) is 4.78. The minimum absolute atomic E-state index is 0.0179. The number of carboxylic acid groups (broad SMARTS) is 1. The Kier molecular flexibility index (Phi) is 4.15. The summed E-state index contributed by atoms with van der Waals surface area (Å²) < 4.78 is 29.0. The number of aliphatic carboxylic acids is 1. The number of nitrogens with zero attached hydrogens (tertiary/aromatic N) is 1. The number of carboxylic acids is 1. The predicted molar refractivity (Wildman–Crippen MR) is 77.0 cm³/mol. The molecule has 124 valence electrons. The maximum atomic E-state index is 12.6. The van der Waals surface area contributed by atoms with E-state index in [1.54, 1.807) is 4.90 Å². The lowest BCUT2D eigenvalue weighted by molar-refractivity contribution is -0.143. The van der Waals surface area contributed by atoms with Crippen molar-refractivity contribution in [2.24, 2.45) is 11.8 Å². The van der Waals surface area contributed by atoms with Gasteiger partial charge in [0, 0.05) is 19.2 Å². The molecule has 0 aromatic carbocycles. The average Bonchev–Trinajstić information content (AvgIpc) is 2.95. The first kappa shape index (κ1) is 15.7. The summed E-state index contributed by atoms with van der Waals surface area (Å²) in [6, 6.07) is -0.336. The lowest BCUT2D eigenvalue weighted by Crippen LogP contribution is -2.46. The van der Waals surface area contributed by atoms with Crippen molar-refractivity contribution in [3.05, 3.63) is 0 Å². The number of ether oxygens (including phenoxy) is 1. The van der Waals surface area contributed by atoms with Crippen LogP contribution in [0.2, 0.25) is 0 Å². The van der Waals surface area contributed by atoms with E-state index in [0.717, 1.165) is 12.8 Å². The van der Waals surface area contributed by atoms with Crippen LogP contribution >= 0.6 is 0 Å². The zero-order chi connectivity index (χ0) is 15.9. The second kappa shape index (κ2) is 5.81. The van der Waals surface area contributed by atoms with Crippen LogP contribution < -0.4 is 0 Å². The summed E-state index contributed by atoms with van der Waals surface area (Å²) in [5.41, 5.74) is 0. The molecule has 0 bridgehead atoms. The third-order valence-corrected chi connectivity index (χ3v) is 6.53. The molecule has 1 saturated carbocycles. The molecule has 2 heterocycles. The third kappa shape index (κ3) is 3.27. The van der Waals surface area contributed by atoms with Gasteiger partial charge in [0.1, 0.15) is 0 Å². The Balaban J connectivity index is 1.71. The van der Waals surface area contributed by atoms with E-state index in [-0.39, 0.29) is 29.6 Å². The Labute approximate surface area is 129 Å². The number of carbonyl (C=O) groups is 2. The predicted octanol–water partition coefficient (Wildman–Crippen LogP) is -0.0982. The molecule has 2 aliphatic heterocycles. The van der Waals surface area contributed by atoms with Crippen LogP contribution in [0.25, 0.3) is 0 Å². The van der Waals surface area contributed by atoms with Gasteiger partial charge in [0.15, 0.2) is 9.84 Å². The van der Waals surface area contributed by atoms with E-state index >= 15 is 0 Å². The van der Waals surface area contributed by atoms with E-state index in [0.29, 0.717) is 26.0 Å². The highest BCUT2D eigenvalue weighted by Crippen LogP contribution is 2.41. The summed E-state index contributed by atoms with van der Waals surface area (Å²) in [5.74, 6) is -2.20. The summed E-state index contributed by atoms with van der Waals surface area (Å²) in [5, 5.41) is 9.00. The van der Waals surface area contributed by atoms with Gasteiger partial charge in [-0.2, -0.15) is 0 Å². The summed E-state index contributed by atoms with van der Waals surface area (Å²) in [4.78, 5) is 25.2. The molecule has 3 fully saturated rings. The Bertz CT molecular complexity index is 568. The van der Waals surface area contributed by atoms with E-state index < -0.39 is 27.6 Å². The van der Waals surface area contributed by atoms with Crippen molar-refractivity contribution in [2.75, 3.05) is 24.7 Å². The fraction of sp³-hybridized carbons (Fsp3) is 0.857. The second-order valence-corrected chi connectivity index (χ2v) is 8.70. The Morgan fingerprint density at radius 3 is 2.50 bits per heavy atom. The molecule has 22 heavy (non-hydrogen) atoms. The molecular formula is C14H21NO6S. The van der Waals surface area contributed by atoms with Gasteiger partial charge < -0.3 is 14.7 Å². The Morgan fingerprint density at radius 1 is 1.23 bits per heavy atom. The Morgan fingerprint density at radius 2 is 2.00 bits per heavy atom. The second-order valence-electron chi connectivity index (χ2n) is 6.47. The number of sulfone groups is 1. The number of hydrogen-bond donors (Lipinski definition) is 1. The highest BCUT2D eigenvalue weighted by molar-refractivity contribution is 7.91. The Hall–Kier alpha value is -1.15. The minimum Gasteiger partial charge on any atom is -0.481 e. The summed E-state index contributed by atoms with van der Waals surface area (Å²) in [6.07, 6.45) is 2.53. The zero-order valence-corrected chi connectivity index (χ0v) is 13.1. The van der Waals surface area contributed by atoms with Gasteiger partial charge in [-0.15, -0.1) is 0 Å². The first-order valence-electron chi connectivity index (χ1n) is 7.73. The molecule has 8 heteroatoms. The normalized spacial score (nSPS) is 36.2. The van der Waals surface area contributed by atoms with E-state index in [1.807, 2.05) is 0 Å². The smallest absolute Gasteiger partial charge is 0.307 e. The first-order chi connectivity index (χ1) is 10.4. The maximum Gasteiger partial charge on any atom is 0.307 e. The first-order valence-corrected chi connectivity index (χ1v) is 9.55. The highest BCUT2D eigenvalue weighted by Gasteiger charge is 2.51. The molecule has 0 spiro atoms. The SMILES string of the molecule is O=C(O)[C@@H]1C[C@@H]1C(=O)N(C[C@@H]1CCCO1)[C@@H]1CCS(=O)(=O)C1. The van der Waals surface area contributed by atoms with Gasteiger partial charge in [-0.25, -0.2) is 8.42 Å². The molecule has 0 unspecified atom stereocenters. The van der Waals surface area contributed by atoms with Crippen LogP contribution in [0.5, 0.6) is 0 Å². The summed E-state index contributed by atoms with van der Waals surface area (Å²) in [6.45, 7) is 1.04. The van der Waals surface area contributed by atoms with Gasteiger partial charge in [-0.05, 0) is 25.7 Å². The van der Waals surface area contributed by atoms with Gasteiger partial charge in [0.05, 0.1) is 29.4 Å². The molecule has 7 nitrogen and oxygen atoms in total. The summed E-state index contributed by atoms with van der Waals surface area (Å²) in [7, 11) is -3.09. The van der Waals surface area contributed by atoms with Crippen LogP contribution in [0.15, 0.2) is 0 Å². The van der Waals surface area contributed by atoms with Crippen LogP contribution in [0.3, 0.4) is 0 Å². The van der Waals surface area contributed by atoms with Crippen molar-refractivity contribution in [1.29, 1.82) is 0 Å².